The Bertz CT molecular complexity index is 433. The number of anilines is 1. The molecule has 0 unspecified atom stereocenters. The minimum absolute atomic E-state index is 0.164. The molecule has 1 amide bonds. The molecule has 2 heterocycles. The van der Waals surface area contributed by atoms with E-state index in [1.807, 2.05) is 12.1 Å². The third kappa shape index (κ3) is 1.01. The highest BCUT2D eigenvalue weighted by Gasteiger charge is 2.49. The maximum Gasteiger partial charge on any atom is 0.236 e. The van der Waals surface area contributed by atoms with Crippen LogP contribution in [0.25, 0.3) is 0 Å². The predicted octanol–water partition coefficient (Wildman–Crippen LogP) is 1.18. The van der Waals surface area contributed by atoms with E-state index in [0.717, 1.165) is 25.2 Å². The average Bonchev–Trinajstić information content (AvgIpc) is 2.77. The maximum atomic E-state index is 12.1. The number of hydrogen-bond acceptors (Lipinski definition) is 2. The fraction of sp³-hybridized carbons (Fsp3) is 0.417. The highest BCUT2D eigenvalue weighted by atomic mass is 16.2. The summed E-state index contributed by atoms with van der Waals surface area (Å²) < 4.78 is 0. The summed E-state index contributed by atoms with van der Waals surface area (Å²) in [5, 5.41) is 6.28. The van der Waals surface area contributed by atoms with Crippen LogP contribution in [0.5, 0.6) is 0 Å². The van der Waals surface area contributed by atoms with Gasteiger partial charge in [0.15, 0.2) is 0 Å². The van der Waals surface area contributed by atoms with Crippen molar-refractivity contribution >= 4 is 11.6 Å². The lowest BCUT2D eigenvalue weighted by Gasteiger charge is -2.21. The van der Waals surface area contributed by atoms with Gasteiger partial charge < -0.3 is 10.6 Å². The van der Waals surface area contributed by atoms with Crippen LogP contribution in [-0.4, -0.2) is 19.0 Å². The molecule has 1 atom stereocenters. The Hall–Kier alpha value is -1.35. The van der Waals surface area contributed by atoms with E-state index in [1.165, 1.54) is 11.1 Å². The van der Waals surface area contributed by atoms with E-state index in [-0.39, 0.29) is 11.3 Å². The largest absolute Gasteiger partial charge is 0.325 e. The van der Waals surface area contributed by atoms with E-state index in [4.69, 9.17) is 0 Å². The zero-order valence-electron chi connectivity index (χ0n) is 8.76. The van der Waals surface area contributed by atoms with Gasteiger partial charge in [-0.2, -0.15) is 0 Å². The van der Waals surface area contributed by atoms with Gasteiger partial charge in [-0.25, -0.2) is 0 Å². The van der Waals surface area contributed by atoms with Crippen LogP contribution < -0.4 is 10.6 Å². The SMILES string of the molecule is Cc1cccc2c1[C@]1(CCNC1)C(=O)N2. The monoisotopic (exact) mass is 202 g/mol. The van der Waals surface area contributed by atoms with Crippen molar-refractivity contribution in [2.75, 3.05) is 18.4 Å². The molecule has 0 bridgehead atoms. The number of carbonyl (C=O) groups is 1. The van der Waals surface area contributed by atoms with Crippen LogP contribution in [0.15, 0.2) is 18.2 Å². The van der Waals surface area contributed by atoms with Crippen molar-refractivity contribution < 1.29 is 4.79 Å². The highest BCUT2D eigenvalue weighted by Crippen LogP contribution is 2.43. The first-order valence-corrected chi connectivity index (χ1v) is 5.36. The fourth-order valence-corrected chi connectivity index (χ4v) is 2.86. The van der Waals surface area contributed by atoms with Crippen molar-refractivity contribution in [3.8, 4) is 0 Å². The fourth-order valence-electron chi connectivity index (χ4n) is 2.86. The van der Waals surface area contributed by atoms with Crippen LogP contribution in [0, 0.1) is 6.92 Å². The molecule has 3 rings (SSSR count). The van der Waals surface area contributed by atoms with Gasteiger partial charge in [-0.05, 0) is 37.1 Å². The Kier molecular flexibility index (Phi) is 1.68. The maximum absolute atomic E-state index is 12.1. The summed E-state index contributed by atoms with van der Waals surface area (Å²) in [4.78, 5) is 12.1. The van der Waals surface area contributed by atoms with Gasteiger partial charge in [0.1, 0.15) is 0 Å². The second-order valence-corrected chi connectivity index (χ2v) is 4.46. The molecule has 2 aliphatic rings. The first-order valence-electron chi connectivity index (χ1n) is 5.36. The first kappa shape index (κ1) is 8.92. The lowest BCUT2D eigenvalue weighted by molar-refractivity contribution is -0.120. The van der Waals surface area contributed by atoms with Crippen molar-refractivity contribution in [1.82, 2.24) is 5.32 Å². The summed E-state index contributed by atoms with van der Waals surface area (Å²) in [6.07, 6.45) is 0.913. The molecule has 2 aliphatic heterocycles. The molecule has 78 valence electrons. The number of benzene rings is 1. The van der Waals surface area contributed by atoms with Crippen LogP contribution in [0.2, 0.25) is 0 Å². The highest BCUT2D eigenvalue weighted by molar-refractivity contribution is 6.07. The van der Waals surface area contributed by atoms with Crippen LogP contribution in [-0.2, 0) is 10.2 Å². The molecule has 0 saturated carbocycles. The molecule has 3 nitrogen and oxygen atoms in total. The summed E-state index contributed by atoms with van der Waals surface area (Å²) >= 11 is 0. The van der Waals surface area contributed by atoms with E-state index >= 15 is 0 Å². The van der Waals surface area contributed by atoms with Gasteiger partial charge in [-0.1, -0.05) is 12.1 Å². The second kappa shape index (κ2) is 2.83. The van der Waals surface area contributed by atoms with Gasteiger partial charge in [-0.3, -0.25) is 4.79 Å². The molecule has 0 aliphatic carbocycles. The number of rotatable bonds is 0. The molecular weight excluding hydrogens is 188 g/mol. The summed E-state index contributed by atoms with van der Waals surface area (Å²) in [5.41, 5.74) is 3.14. The quantitative estimate of drug-likeness (QED) is 0.663. The van der Waals surface area contributed by atoms with Crippen LogP contribution in [0.1, 0.15) is 17.5 Å². The standard InChI is InChI=1S/C12H14N2O/c1-8-3-2-4-9-10(8)12(11(15)14-9)5-6-13-7-12/h2-4,13H,5-7H2,1H3,(H,14,15)/t12-/m1/s1. The van der Waals surface area contributed by atoms with Gasteiger partial charge in [0.25, 0.3) is 0 Å². The van der Waals surface area contributed by atoms with Gasteiger partial charge in [0.05, 0.1) is 5.41 Å². The normalized spacial score (nSPS) is 28.2. The first-order chi connectivity index (χ1) is 7.24. The van der Waals surface area contributed by atoms with E-state index in [0.29, 0.717) is 0 Å². The molecule has 0 radical (unpaired) electrons. The zero-order valence-corrected chi connectivity index (χ0v) is 8.76. The van der Waals surface area contributed by atoms with Gasteiger partial charge in [0, 0.05) is 12.2 Å². The Morgan fingerprint density at radius 3 is 3.00 bits per heavy atom. The third-order valence-corrected chi connectivity index (χ3v) is 3.59. The predicted molar refractivity (Wildman–Crippen MR) is 59.0 cm³/mol. The molecule has 1 saturated heterocycles. The Morgan fingerprint density at radius 2 is 2.27 bits per heavy atom. The van der Waals surface area contributed by atoms with E-state index in [9.17, 15) is 4.79 Å². The van der Waals surface area contributed by atoms with Crippen LogP contribution in [0.4, 0.5) is 5.69 Å². The van der Waals surface area contributed by atoms with E-state index in [2.05, 4.69) is 23.6 Å². The lowest BCUT2D eigenvalue weighted by atomic mass is 9.79. The molecule has 1 fully saturated rings. The Balaban J connectivity index is 2.24. The summed E-state index contributed by atoms with van der Waals surface area (Å²) in [6, 6.07) is 6.07. The molecule has 1 aromatic carbocycles. The van der Waals surface area contributed by atoms with Crippen molar-refractivity contribution in [1.29, 1.82) is 0 Å². The smallest absolute Gasteiger partial charge is 0.236 e. The van der Waals surface area contributed by atoms with Crippen molar-refractivity contribution in [3.05, 3.63) is 29.3 Å². The minimum Gasteiger partial charge on any atom is -0.325 e. The molecular formula is C12H14N2O. The molecule has 15 heavy (non-hydrogen) atoms. The van der Waals surface area contributed by atoms with Crippen LogP contribution >= 0.6 is 0 Å². The number of aryl methyl sites for hydroxylation is 1. The van der Waals surface area contributed by atoms with E-state index < -0.39 is 0 Å². The number of amides is 1. The minimum atomic E-state index is -0.291. The lowest BCUT2D eigenvalue weighted by Crippen LogP contribution is -2.36. The second-order valence-electron chi connectivity index (χ2n) is 4.46. The zero-order chi connectivity index (χ0) is 10.5. The molecule has 0 aromatic heterocycles. The van der Waals surface area contributed by atoms with Crippen molar-refractivity contribution in [2.45, 2.75) is 18.8 Å². The average molecular weight is 202 g/mol. The molecule has 1 spiro atoms. The van der Waals surface area contributed by atoms with Gasteiger partial charge in [0.2, 0.25) is 5.91 Å². The van der Waals surface area contributed by atoms with E-state index in [1.54, 1.807) is 0 Å². The van der Waals surface area contributed by atoms with Gasteiger partial charge in [-0.15, -0.1) is 0 Å². The summed E-state index contributed by atoms with van der Waals surface area (Å²) in [7, 11) is 0. The number of nitrogens with one attached hydrogen (secondary N) is 2. The molecule has 2 N–H and O–H groups in total. The number of hydrogen-bond donors (Lipinski definition) is 2. The molecule has 1 aromatic rings. The number of fused-ring (bicyclic) bond motifs is 2. The van der Waals surface area contributed by atoms with Crippen LogP contribution in [0.3, 0.4) is 0 Å². The third-order valence-electron chi connectivity index (χ3n) is 3.59. The molecule has 3 heteroatoms. The van der Waals surface area contributed by atoms with Crippen molar-refractivity contribution in [2.24, 2.45) is 0 Å². The Morgan fingerprint density at radius 1 is 1.40 bits per heavy atom. The number of carbonyl (C=O) groups excluding carboxylic acids is 1. The Labute approximate surface area is 88.9 Å². The summed E-state index contributed by atoms with van der Waals surface area (Å²) in [5.74, 6) is 0.164. The van der Waals surface area contributed by atoms with Gasteiger partial charge >= 0.3 is 0 Å². The van der Waals surface area contributed by atoms with Crippen molar-refractivity contribution in [3.63, 3.8) is 0 Å². The summed E-state index contributed by atoms with van der Waals surface area (Å²) in [6.45, 7) is 3.79. The topological polar surface area (TPSA) is 41.1 Å².